The fourth-order valence-electron chi connectivity index (χ4n) is 1.49. The lowest BCUT2D eigenvalue weighted by Crippen LogP contribution is -2.24. The molecule has 7 heteroatoms. The van der Waals surface area contributed by atoms with Gasteiger partial charge in [0, 0.05) is 14.2 Å². The zero-order valence-corrected chi connectivity index (χ0v) is 14.9. The van der Waals surface area contributed by atoms with Gasteiger partial charge < -0.3 is 4.74 Å². The van der Waals surface area contributed by atoms with E-state index in [0.717, 1.165) is 3.57 Å². The molecule has 0 bridgehead atoms. The molecule has 2 rings (SSSR count). The largest absolute Gasteiger partial charge is 0.484 e. The summed E-state index contributed by atoms with van der Waals surface area (Å²) >= 11 is 14.0. The molecule has 2 aromatic carbocycles. The Bertz CT molecular complexity index is 690. The average Bonchev–Trinajstić information content (AvgIpc) is 2.49. The Morgan fingerprint density at radius 2 is 1.95 bits per heavy atom. The van der Waals surface area contributed by atoms with Gasteiger partial charge in [-0.1, -0.05) is 29.3 Å². The van der Waals surface area contributed by atoms with Crippen LogP contribution in [0.3, 0.4) is 0 Å². The molecule has 0 aromatic heterocycles. The van der Waals surface area contributed by atoms with E-state index in [0.29, 0.717) is 21.4 Å². The molecule has 0 unspecified atom stereocenters. The van der Waals surface area contributed by atoms with Crippen LogP contribution in [0.2, 0.25) is 10.0 Å². The lowest BCUT2D eigenvalue weighted by molar-refractivity contribution is -0.123. The molecule has 2 aromatic rings. The molecule has 0 heterocycles. The van der Waals surface area contributed by atoms with E-state index < -0.39 is 0 Å². The summed E-state index contributed by atoms with van der Waals surface area (Å²) in [6, 6.07) is 12.4. The van der Waals surface area contributed by atoms with E-state index >= 15 is 0 Å². The number of ether oxygens (including phenoxy) is 1. The molecule has 0 atom stereocenters. The number of carbonyl (C=O) groups excluding carboxylic acids is 1. The second-order valence-electron chi connectivity index (χ2n) is 4.20. The molecule has 0 saturated carbocycles. The molecule has 114 valence electrons. The van der Waals surface area contributed by atoms with Gasteiger partial charge in [-0.05, 0) is 59.0 Å². The zero-order chi connectivity index (χ0) is 15.9. The van der Waals surface area contributed by atoms with E-state index in [4.69, 9.17) is 27.9 Å². The van der Waals surface area contributed by atoms with Crippen LogP contribution < -0.4 is 10.2 Å². The number of carbonyl (C=O) groups is 1. The number of hydrogen-bond acceptors (Lipinski definition) is 3. The summed E-state index contributed by atoms with van der Waals surface area (Å²) in [6.45, 7) is -0.119. The van der Waals surface area contributed by atoms with Gasteiger partial charge in [0.15, 0.2) is 6.61 Å². The number of halogens is 3. The van der Waals surface area contributed by atoms with Crippen molar-refractivity contribution >= 4 is 57.9 Å². The van der Waals surface area contributed by atoms with Crippen molar-refractivity contribution in [3.05, 3.63) is 61.6 Å². The first-order valence-corrected chi connectivity index (χ1v) is 8.03. The predicted octanol–water partition coefficient (Wildman–Crippen LogP) is 4.13. The van der Waals surface area contributed by atoms with Gasteiger partial charge in [0.05, 0.1) is 11.2 Å². The number of nitrogens with zero attached hydrogens (tertiary/aromatic N) is 1. The average molecular weight is 449 g/mol. The third-order valence-corrected chi connectivity index (χ3v) is 3.82. The van der Waals surface area contributed by atoms with E-state index in [1.54, 1.807) is 30.3 Å². The number of benzene rings is 2. The molecule has 22 heavy (non-hydrogen) atoms. The number of hydrazone groups is 1. The van der Waals surface area contributed by atoms with Gasteiger partial charge in [0.2, 0.25) is 0 Å². The molecule has 1 N–H and O–H groups in total. The van der Waals surface area contributed by atoms with Gasteiger partial charge in [-0.25, -0.2) is 5.43 Å². The van der Waals surface area contributed by atoms with E-state index in [2.05, 4.69) is 33.1 Å². The first kappa shape index (κ1) is 17.1. The molecule has 0 aliphatic carbocycles. The van der Waals surface area contributed by atoms with Gasteiger partial charge in [0.25, 0.3) is 5.91 Å². The van der Waals surface area contributed by atoms with Crippen LogP contribution in [0.25, 0.3) is 0 Å². The highest BCUT2D eigenvalue weighted by molar-refractivity contribution is 14.1. The Balaban J connectivity index is 1.82. The summed E-state index contributed by atoms with van der Waals surface area (Å²) < 4.78 is 6.43. The van der Waals surface area contributed by atoms with Crippen molar-refractivity contribution in [2.24, 2.45) is 5.10 Å². The van der Waals surface area contributed by atoms with Crippen LogP contribution in [0.4, 0.5) is 0 Å². The summed E-state index contributed by atoms with van der Waals surface area (Å²) in [6.07, 6.45) is 1.45. The predicted molar refractivity (Wildman–Crippen MR) is 96.9 cm³/mol. The van der Waals surface area contributed by atoms with Crippen LogP contribution in [0, 0.1) is 3.57 Å². The Morgan fingerprint density at radius 3 is 2.64 bits per heavy atom. The maximum Gasteiger partial charge on any atom is 0.277 e. The van der Waals surface area contributed by atoms with Crippen LogP contribution in [0.1, 0.15) is 5.56 Å². The lowest BCUT2D eigenvalue weighted by Gasteiger charge is -2.05. The first-order chi connectivity index (χ1) is 10.5. The Morgan fingerprint density at radius 1 is 1.23 bits per heavy atom. The van der Waals surface area contributed by atoms with Gasteiger partial charge in [0.1, 0.15) is 5.75 Å². The van der Waals surface area contributed by atoms with Crippen molar-refractivity contribution < 1.29 is 9.53 Å². The molecule has 0 spiro atoms. The maximum absolute atomic E-state index is 11.6. The number of rotatable bonds is 5. The number of amides is 1. The minimum absolute atomic E-state index is 0.119. The van der Waals surface area contributed by atoms with Crippen molar-refractivity contribution in [3.8, 4) is 5.75 Å². The summed E-state index contributed by atoms with van der Waals surface area (Å²) in [4.78, 5) is 11.6. The minimum atomic E-state index is -0.361. The molecule has 0 radical (unpaired) electrons. The third-order valence-electron chi connectivity index (χ3n) is 2.54. The van der Waals surface area contributed by atoms with Gasteiger partial charge in [-0.3, -0.25) is 4.79 Å². The summed E-state index contributed by atoms with van der Waals surface area (Å²) in [5.41, 5.74) is 3.02. The summed E-state index contributed by atoms with van der Waals surface area (Å²) in [7, 11) is 0. The second-order valence-corrected chi connectivity index (χ2v) is 6.29. The monoisotopic (exact) mass is 448 g/mol. The van der Waals surface area contributed by atoms with Crippen molar-refractivity contribution in [2.45, 2.75) is 0 Å². The van der Waals surface area contributed by atoms with E-state index in [-0.39, 0.29) is 12.5 Å². The highest BCUT2D eigenvalue weighted by Crippen LogP contribution is 2.19. The van der Waals surface area contributed by atoms with Crippen molar-refractivity contribution in [2.75, 3.05) is 6.61 Å². The van der Waals surface area contributed by atoms with Crippen molar-refractivity contribution in [1.82, 2.24) is 5.43 Å². The molecular formula is C15H11Cl2IN2O2. The fraction of sp³-hybridized carbons (Fsp3) is 0.0667. The van der Waals surface area contributed by atoms with E-state index in [1.165, 1.54) is 6.21 Å². The molecule has 4 nitrogen and oxygen atoms in total. The van der Waals surface area contributed by atoms with E-state index in [1.807, 2.05) is 12.1 Å². The topological polar surface area (TPSA) is 50.7 Å². The highest BCUT2D eigenvalue weighted by Gasteiger charge is 2.02. The van der Waals surface area contributed by atoms with Gasteiger partial charge >= 0.3 is 0 Å². The third kappa shape index (κ3) is 5.47. The highest BCUT2D eigenvalue weighted by atomic mass is 127. The first-order valence-electron chi connectivity index (χ1n) is 6.20. The van der Waals surface area contributed by atoms with Crippen molar-refractivity contribution in [3.63, 3.8) is 0 Å². The van der Waals surface area contributed by atoms with Crippen LogP contribution in [0.15, 0.2) is 47.6 Å². The number of nitrogens with one attached hydrogen (secondary N) is 1. The molecule has 0 saturated heterocycles. The normalized spacial score (nSPS) is 10.7. The smallest absolute Gasteiger partial charge is 0.277 e. The quantitative estimate of drug-likeness (QED) is 0.424. The van der Waals surface area contributed by atoms with Crippen LogP contribution in [-0.4, -0.2) is 18.7 Å². The SMILES string of the molecule is O=C(COc1ccc(I)cc1)N/N=C/c1ccc(Cl)cc1Cl. The zero-order valence-electron chi connectivity index (χ0n) is 11.2. The van der Waals surface area contributed by atoms with Gasteiger partial charge in [-0.2, -0.15) is 5.10 Å². The van der Waals surface area contributed by atoms with E-state index in [9.17, 15) is 4.79 Å². The van der Waals surface area contributed by atoms with Crippen LogP contribution >= 0.6 is 45.8 Å². The number of hydrogen-bond donors (Lipinski definition) is 1. The Kier molecular flexibility index (Phi) is 6.48. The minimum Gasteiger partial charge on any atom is -0.484 e. The molecular weight excluding hydrogens is 438 g/mol. The summed E-state index contributed by atoms with van der Waals surface area (Å²) in [5, 5.41) is 4.82. The van der Waals surface area contributed by atoms with Gasteiger partial charge in [-0.15, -0.1) is 0 Å². The Hall–Kier alpha value is -1.31. The Labute approximate surface area is 151 Å². The van der Waals surface area contributed by atoms with Crippen molar-refractivity contribution in [1.29, 1.82) is 0 Å². The molecule has 1 amide bonds. The standard InChI is InChI=1S/C15H11Cl2IN2O2/c16-11-2-1-10(14(17)7-11)8-19-20-15(21)9-22-13-5-3-12(18)4-6-13/h1-8H,9H2,(H,20,21)/b19-8+. The fourth-order valence-corrected chi connectivity index (χ4v) is 2.31. The van der Waals surface area contributed by atoms with Crippen LogP contribution in [0.5, 0.6) is 5.75 Å². The molecule has 0 aliphatic rings. The summed E-state index contributed by atoms with van der Waals surface area (Å²) in [5.74, 6) is 0.264. The molecule has 0 aliphatic heterocycles. The molecule has 0 fully saturated rings. The van der Waals surface area contributed by atoms with Crippen LogP contribution in [-0.2, 0) is 4.79 Å². The second kappa shape index (κ2) is 8.36. The maximum atomic E-state index is 11.6. The lowest BCUT2D eigenvalue weighted by atomic mass is 10.2.